The van der Waals surface area contributed by atoms with Crippen molar-refractivity contribution in [2.24, 2.45) is 7.05 Å². The summed E-state index contributed by atoms with van der Waals surface area (Å²) in [5.74, 6) is 1.13. The highest BCUT2D eigenvalue weighted by Crippen LogP contribution is 2.20. The highest BCUT2D eigenvalue weighted by molar-refractivity contribution is 14.1. The Kier molecular flexibility index (Phi) is 6.31. The van der Waals surface area contributed by atoms with Crippen LogP contribution in [0.2, 0.25) is 0 Å². The highest BCUT2D eigenvalue weighted by Gasteiger charge is 2.12. The van der Waals surface area contributed by atoms with E-state index in [1.807, 2.05) is 54.9 Å². The summed E-state index contributed by atoms with van der Waals surface area (Å²) in [5, 5.41) is 12.2. The van der Waals surface area contributed by atoms with E-state index in [2.05, 4.69) is 50.2 Å². The lowest BCUT2D eigenvalue weighted by Crippen LogP contribution is -2.15. The molecule has 0 spiro atoms. The van der Waals surface area contributed by atoms with Gasteiger partial charge in [0.15, 0.2) is 5.16 Å². The molecule has 3 aromatic rings. The summed E-state index contributed by atoms with van der Waals surface area (Å²) in [6, 6.07) is 16.1. The van der Waals surface area contributed by atoms with Crippen molar-refractivity contribution in [1.82, 2.24) is 14.8 Å². The second-order valence-electron chi connectivity index (χ2n) is 5.92. The summed E-state index contributed by atoms with van der Waals surface area (Å²) in [6.45, 7) is 1.99. The summed E-state index contributed by atoms with van der Waals surface area (Å²) < 4.78 is 3.10. The number of amides is 1. The Morgan fingerprint density at radius 1 is 1.19 bits per heavy atom. The maximum absolute atomic E-state index is 12.2. The summed E-state index contributed by atoms with van der Waals surface area (Å²) >= 11 is 3.65. The molecule has 1 N–H and O–H groups in total. The number of carbonyl (C=O) groups excluding carboxylic acids is 1. The third kappa shape index (κ3) is 4.85. The Morgan fingerprint density at radius 2 is 1.96 bits per heavy atom. The largest absolute Gasteiger partial charge is 0.325 e. The quantitative estimate of drug-likeness (QED) is 0.429. The summed E-state index contributed by atoms with van der Waals surface area (Å²) in [6.07, 6.45) is 0.721. The smallest absolute Gasteiger partial charge is 0.234 e. The SMILES string of the molecule is Cc1cc(I)ccc1NC(=O)CSc1nnc(Cc2ccccc2)n1C. The van der Waals surface area contributed by atoms with Crippen LogP contribution in [-0.2, 0) is 18.3 Å². The predicted octanol–water partition coefficient (Wildman–Crippen LogP) is 4.05. The maximum Gasteiger partial charge on any atom is 0.234 e. The van der Waals surface area contributed by atoms with Gasteiger partial charge in [-0.05, 0) is 58.8 Å². The van der Waals surface area contributed by atoms with E-state index in [9.17, 15) is 4.79 Å². The first-order chi connectivity index (χ1) is 12.5. The Morgan fingerprint density at radius 3 is 2.69 bits per heavy atom. The molecule has 5 nitrogen and oxygen atoms in total. The summed E-state index contributed by atoms with van der Waals surface area (Å²) in [5.41, 5.74) is 3.09. The van der Waals surface area contributed by atoms with Crippen LogP contribution in [0, 0.1) is 10.5 Å². The maximum atomic E-state index is 12.2. The van der Waals surface area contributed by atoms with E-state index in [1.54, 1.807) is 0 Å². The predicted molar refractivity (Wildman–Crippen MR) is 114 cm³/mol. The van der Waals surface area contributed by atoms with Crippen molar-refractivity contribution in [3.05, 3.63) is 69.1 Å². The molecule has 0 saturated carbocycles. The van der Waals surface area contributed by atoms with Crippen LogP contribution in [0.4, 0.5) is 5.69 Å². The number of aryl methyl sites for hydroxylation is 1. The van der Waals surface area contributed by atoms with Gasteiger partial charge in [0, 0.05) is 22.7 Å². The van der Waals surface area contributed by atoms with Crippen LogP contribution < -0.4 is 5.32 Å². The first-order valence-electron chi connectivity index (χ1n) is 8.14. The molecule has 2 aromatic carbocycles. The third-order valence-corrected chi connectivity index (χ3v) is 5.62. The molecule has 0 bridgehead atoms. The Hall–Kier alpha value is -1.87. The molecule has 0 aliphatic heterocycles. The molecule has 134 valence electrons. The number of nitrogens with one attached hydrogen (secondary N) is 1. The molecule has 0 saturated heterocycles. The van der Waals surface area contributed by atoms with E-state index < -0.39 is 0 Å². The third-order valence-electron chi connectivity index (χ3n) is 3.93. The minimum atomic E-state index is -0.0492. The van der Waals surface area contributed by atoms with Gasteiger partial charge < -0.3 is 9.88 Å². The van der Waals surface area contributed by atoms with Gasteiger partial charge in [0.05, 0.1) is 5.75 Å². The standard InChI is InChI=1S/C19H19IN4OS/c1-13-10-15(20)8-9-16(13)21-18(25)12-26-19-23-22-17(24(19)2)11-14-6-4-3-5-7-14/h3-10H,11-12H2,1-2H3,(H,21,25). The fraction of sp³-hybridized carbons (Fsp3) is 0.211. The lowest BCUT2D eigenvalue weighted by molar-refractivity contribution is -0.113. The number of anilines is 1. The van der Waals surface area contributed by atoms with Gasteiger partial charge in [-0.15, -0.1) is 10.2 Å². The lowest BCUT2D eigenvalue weighted by atomic mass is 10.1. The van der Waals surface area contributed by atoms with Crippen LogP contribution in [0.15, 0.2) is 53.7 Å². The first-order valence-corrected chi connectivity index (χ1v) is 10.2. The van der Waals surface area contributed by atoms with Crippen LogP contribution in [-0.4, -0.2) is 26.4 Å². The number of hydrogen-bond acceptors (Lipinski definition) is 4. The Bertz CT molecular complexity index is 911. The van der Waals surface area contributed by atoms with Crippen molar-refractivity contribution in [3.63, 3.8) is 0 Å². The van der Waals surface area contributed by atoms with Gasteiger partial charge in [0.25, 0.3) is 0 Å². The molecular formula is C19H19IN4OS. The van der Waals surface area contributed by atoms with Crippen molar-refractivity contribution in [1.29, 1.82) is 0 Å². The molecule has 1 amide bonds. The molecule has 3 rings (SSSR count). The van der Waals surface area contributed by atoms with E-state index in [1.165, 1.54) is 17.3 Å². The molecule has 0 atom stereocenters. The zero-order chi connectivity index (χ0) is 18.5. The van der Waals surface area contributed by atoms with Crippen LogP contribution in [0.3, 0.4) is 0 Å². The van der Waals surface area contributed by atoms with Crippen molar-refractivity contribution >= 4 is 45.9 Å². The minimum Gasteiger partial charge on any atom is -0.325 e. The summed E-state index contributed by atoms with van der Waals surface area (Å²) in [7, 11) is 1.93. The first kappa shape index (κ1) is 18.9. The Labute approximate surface area is 170 Å². The van der Waals surface area contributed by atoms with Crippen LogP contribution in [0.25, 0.3) is 0 Å². The molecule has 0 radical (unpaired) electrons. The minimum absolute atomic E-state index is 0.0492. The van der Waals surface area contributed by atoms with E-state index in [0.29, 0.717) is 5.75 Å². The second kappa shape index (κ2) is 8.68. The van der Waals surface area contributed by atoms with Crippen molar-refractivity contribution < 1.29 is 4.79 Å². The molecule has 0 fully saturated rings. The zero-order valence-corrected chi connectivity index (χ0v) is 17.5. The zero-order valence-electron chi connectivity index (χ0n) is 14.6. The average molecular weight is 478 g/mol. The summed E-state index contributed by atoms with van der Waals surface area (Å²) in [4.78, 5) is 12.2. The van der Waals surface area contributed by atoms with E-state index in [-0.39, 0.29) is 5.91 Å². The molecule has 0 aliphatic rings. The molecule has 7 heteroatoms. The molecule has 26 heavy (non-hydrogen) atoms. The second-order valence-corrected chi connectivity index (χ2v) is 8.10. The molecular weight excluding hydrogens is 459 g/mol. The van der Waals surface area contributed by atoms with Gasteiger partial charge in [-0.3, -0.25) is 4.79 Å². The van der Waals surface area contributed by atoms with Gasteiger partial charge in [-0.1, -0.05) is 42.1 Å². The van der Waals surface area contributed by atoms with Gasteiger partial charge in [0.2, 0.25) is 5.91 Å². The van der Waals surface area contributed by atoms with Crippen molar-refractivity contribution in [2.75, 3.05) is 11.1 Å². The fourth-order valence-electron chi connectivity index (χ4n) is 2.49. The lowest BCUT2D eigenvalue weighted by Gasteiger charge is -2.08. The molecule has 1 heterocycles. The average Bonchev–Trinajstić information content (AvgIpc) is 2.96. The Balaban J connectivity index is 1.58. The van der Waals surface area contributed by atoms with E-state index in [0.717, 1.165) is 32.2 Å². The number of benzene rings is 2. The number of nitrogens with zero attached hydrogens (tertiary/aromatic N) is 3. The number of thioether (sulfide) groups is 1. The van der Waals surface area contributed by atoms with E-state index >= 15 is 0 Å². The number of halogens is 1. The molecule has 0 unspecified atom stereocenters. The molecule has 1 aromatic heterocycles. The molecule has 0 aliphatic carbocycles. The van der Waals surface area contributed by atoms with E-state index in [4.69, 9.17) is 0 Å². The number of hydrogen-bond donors (Lipinski definition) is 1. The fourth-order valence-corrected chi connectivity index (χ4v) is 3.86. The number of carbonyl (C=O) groups is 1. The van der Waals surface area contributed by atoms with Crippen LogP contribution >= 0.6 is 34.4 Å². The normalized spacial score (nSPS) is 10.7. The van der Waals surface area contributed by atoms with Crippen molar-refractivity contribution in [3.8, 4) is 0 Å². The highest BCUT2D eigenvalue weighted by atomic mass is 127. The monoisotopic (exact) mass is 478 g/mol. The number of rotatable bonds is 6. The van der Waals surface area contributed by atoms with Gasteiger partial charge >= 0.3 is 0 Å². The van der Waals surface area contributed by atoms with Crippen molar-refractivity contribution in [2.45, 2.75) is 18.5 Å². The van der Waals surface area contributed by atoms with Crippen LogP contribution in [0.1, 0.15) is 17.0 Å². The van der Waals surface area contributed by atoms with Gasteiger partial charge in [-0.2, -0.15) is 0 Å². The van der Waals surface area contributed by atoms with Gasteiger partial charge in [0.1, 0.15) is 5.82 Å². The van der Waals surface area contributed by atoms with Crippen LogP contribution in [0.5, 0.6) is 0 Å². The number of aromatic nitrogens is 3. The topological polar surface area (TPSA) is 59.8 Å². The van der Waals surface area contributed by atoms with Gasteiger partial charge in [-0.25, -0.2) is 0 Å².